The molecule has 1 unspecified atom stereocenters. The van der Waals surface area contributed by atoms with Gasteiger partial charge in [-0.1, -0.05) is 24.3 Å². The van der Waals surface area contributed by atoms with Crippen molar-refractivity contribution in [2.75, 3.05) is 13.1 Å². The van der Waals surface area contributed by atoms with Crippen molar-refractivity contribution < 1.29 is 14.3 Å². The van der Waals surface area contributed by atoms with Gasteiger partial charge in [0.15, 0.2) is 0 Å². The SMILES string of the molecule is Cc1cc(C2CCN(C(=O)c3cccc(COc4ccccc4C(N)=O)c3)C2)cs1. The number of primary amides is 1. The number of ether oxygens (including phenoxy) is 1. The number of nitrogens with zero attached hydrogens (tertiary/aromatic N) is 1. The van der Waals surface area contributed by atoms with Gasteiger partial charge in [0.1, 0.15) is 12.4 Å². The van der Waals surface area contributed by atoms with Crippen LogP contribution in [0.4, 0.5) is 0 Å². The molecule has 0 spiro atoms. The standard InChI is InChI=1S/C24H24N2O3S/c1-16-11-20(15-30-16)19-9-10-26(13-19)24(28)18-6-4-5-17(12-18)14-29-22-8-3-2-7-21(22)23(25)27/h2-8,11-12,15,19H,9-10,13-14H2,1H3,(H2,25,27). The molecule has 30 heavy (non-hydrogen) atoms. The van der Waals surface area contributed by atoms with Gasteiger partial charge in [0, 0.05) is 29.4 Å². The first kappa shape index (κ1) is 20.2. The molecule has 1 atom stereocenters. The fourth-order valence-electron chi connectivity index (χ4n) is 3.83. The summed E-state index contributed by atoms with van der Waals surface area (Å²) in [4.78, 5) is 27.8. The van der Waals surface area contributed by atoms with E-state index in [0.29, 0.717) is 22.8 Å². The molecule has 0 aliphatic carbocycles. The quantitative estimate of drug-likeness (QED) is 0.644. The van der Waals surface area contributed by atoms with Crippen LogP contribution in [0.5, 0.6) is 5.75 Å². The van der Waals surface area contributed by atoms with E-state index in [0.717, 1.165) is 25.1 Å². The molecular weight excluding hydrogens is 396 g/mol. The van der Waals surface area contributed by atoms with E-state index in [4.69, 9.17) is 10.5 Å². The van der Waals surface area contributed by atoms with E-state index >= 15 is 0 Å². The molecule has 1 aromatic heterocycles. The van der Waals surface area contributed by atoms with Crippen molar-refractivity contribution in [2.24, 2.45) is 5.73 Å². The fourth-order valence-corrected chi connectivity index (χ4v) is 4.62. The zero-order valence-corrected chi connectivity index (χ0v) is 17.7. The molecule has 0 saturated carbocycles. The number of hydrogen-bond donors (Lipinski definition) is 1. The second kappa shape index (κ2) is 8.71. The summed E-state index contributed by atoms with van der Waals surface area (Å²) in [5.41, 5.74) is 8.60. The molecule has 2 aromatic carbocycles. The molecule has 1 fully saturated rings. The summed E-state index contributed by atoms with van der Waals surface area (Å²) >= 11 is 1.76. The number of carbonyl (C=O) groups is 2. The lowest BCUT2D eigenvalue weighted by Crippen LogP contribution is -2.28. The number of amides is 2. The van der Waals surface area contributed by atoms with E-state index in [1.54, 1.807) is 35.6 Å². The Balaban J connectivity index is 1.42. The van der Waals surface area contributed by atoms with Crippen molar-refractivity contribution in [1.82, 2.24) is 4.90 Å². The number of benzene rings is 2. The van der Waals surface area contributed by atoms with Crippen LogP contribution >= 0.6 is 11.3 Å². The minimum Gasteiger partial charge on any atom is -0.488 e. The Kier molecular flexibility index (Phi) is 5.86. The smallest absolute Gasteiger partial charge is 0.253 e. The van der Waals surface area contributed by atoms with Crippen LogP contribution in [0.2, 0.25) is 0 Å². The van der Waals surface area contributed by atoms with E-state index in [9.17, 15) is 9.59 Å². The second-order valence-corrected chi connectivity index (χ2v) is 8.69. The van der Waals surface area contributed by atoms with Gasteiger partial charge < -0.3 is 15.4 Å². The first-order valence-corrected chi connectivity index (χ1v) is 10.8. The molecule has 3 aromatic rings. The largest absolute Gasteiger partial charge is 0.488 e. The minimum absolute atomic E-state index is 0.0452. The summed E-state index contributed by atoms with van der Waals surface area (Å²) < 4.78 is 5.80. The summed E-state index contributed by atoms with van der Waals surface area (Å²) in [7, 11) is 0. The van der Waals surface area contributed by atoms with Crippen LogP contribution in [-0.2, 0) is 6.61 Å². The average molecular weight is 421 g/mol. The van der Waals surface area contributed by atoms with Crippen LogP contribution in [0, 0.1) is 6.92 Å². The molecule has 2 heterocycles. The normalized spacial score (nSPS) is 15.9. The molecule has 6 heteroatoms. The van der Waals surface area contributed by atoms with Crippen molar-refractivity contribution in [1.29, 1.82) is 0 Å². The predicted octanol–water partition coefficient (Wildman–Crippen LogP) is 4.36. The number of nitrogens with two attached hydrogens (primary N) is 1. The van der Waals surface area contributed by atoms with E-state index in [1.165, 1.54) is 10.4 Å². The van der Waals surface area contributed by atoms with E-state index in [-0.39, 0.29) is 12.5 Å². The Morgan fingerprint density at radius 1 is 1.17 bits per heavy atom. The summed E-state index contributed by atoms with van der Waals surface area (Å²) in [5.74, 6) is 0.369. The fraction of sp³-hybridized carbons (Fsp3) is 0.250. The number of carbonyl (C=O) groups excluding carboxylic acids is 2. The molecule has 1 aliphatic heterocycles. The molecular formula is C24H24N2O3S. The van der Waals surface area contributed by atoms with Crippen molar-refractivity contribution in [2.45, 2.75) is 25.9 Å². The van der Waals surface area contributed by atoms with Gasteiger partial charge in [-0.25, -0.2) is 0 Å². The molecule has 4 rings (SSSR count). The van der Waals surface area contributed by atoms with Crippen LogP contribution in [-0.4, -0.2) is 29.8 Å². The van der Waals surface area contributed by atoms with Crippen molar-refractivity contribution in [3.05, 3.63) is 87.1 Å². The van der Waals surface area contributed by atoms with Gasteiger partial charge in [0.2, 0.25) is 0 Å². The highest BCUT2D eigenvalue weighted by atomic mass is 32.1. The number of rotatable bonds is 6. The maximum Gasteiger partial charge on any atom is 0.253 e. The van der Waals surface area contributed by atoms with E-state index in [2.05, 4.69) is 18.4 Å². The number of aryl methyl sites for hydroxylation is 1. The van der Waals surface area contributed by atoms with Crippen LogP contribution in [0.25, 0.3) is 0 Å². The third-order valence-electron chi connectivity index (χ3n) is 5.42. The number of para-hydroxylation sites is 1. The Hall–Kier alpha value is -3.12. The van der Waals surface area contributed by atoms with Gasteiger partial charge in [0.25, 0.3) is 11.8 Å². The van der Waals surface area contributed by atoms with Gasteiger partial charge in [-0.15, -0.1) is 11.3 Å². The third kappa shape index (κ3) is 4.39. The summed E-state index contributed by atoms with van der Waals surface area (Å²) in [6.07, 6.45) is 0.995. The van der Waals surface area contributed by atoms with Gasteiger partial charge in [-0.2, -0.15) is 0 Å². The predicted molar refractivity (Wildman–Crippen MR) is 118 cm³/mol. The summed E-state index contributed by atoms with van der Waals surface area (Å²) in [6.45, 7) is 3.89. The number of thiophene rings is 1. The monoisotopic (exact) mass is 420 g/mol. The van der Waals surface area contributed by atoms with Crippen LogP contribution in [0.15, 0.2) is 60.0 Å². The first-order chi connectivity index (χ1) is 14.5. The summed E-state index contributed by atoms with van der Waals surface area (Å²) in [6, 6.07) is 16.6. The van der Waals surface area contributed by atoms with Crippen LogP contribution < -0.4 is 10.5 Å². The highest BCUT2D eigenvalue weighted by Gasteiger charge is 2.28. The highest BCUT2D eigenvalue weighted by molar-refractivity contribution is 7.10. The maximum absolute atomic E-state index is 13.0. The van der Waals surface area contributed by atoms with Crippen molar-refractivity contribution >= 4 is 23.2 Å². The lowest BCUT2D eigenvalue weighted by molar-refractivity contribution is 0.0790. The van der Waals surface area contributed by atoms with Gasteiger partial charge in [-0.3, -0.25) is 9.59 Å². The van der Waals surface area contributed by atoms with Gasteiger partial charge in [0.05, 0.1) is 5.56 Å². The minimum atomic E-state index is -0.529. The molecule has 2 amide bonds. The molecule has 1 aliphatic rings. The maximum atomic E-state index is 13.0. The lowest BCUT2D eigenvalue weighted by Gasteiger charge is -2.17. The lowest BCUT2D eigenvalue weighted by atomic mass is 10.0. The topological polar surface area (TPSA) is 72.6 Å². The van der Waals surface area contributed by atoms with Crippen molar-refractivity contribution in [3.8, 4) is 5.75 Å². The summed E-state index contributed by atoms with van der Waals surface area (Å²) in [5, 5.41) is 2.20. The number of likely N-dealkylation sites (tertiary alicyclic amines) is 1. The van der Waals surface area contributed by atoms with E-state index in [1.807, 2.05) is 29.2 Å². The Labute approximate surface area is 180 Å². The Bertz CT molecular complexity index is 1080. The molecule has 1 saturated heterocycles. The number of hydrogen-bond acceptors (Lipinski definition) is 4. The zero-order valence-electron chi connectivity index (χ0n) is 16.8. The Morgan fingerprint density at radius 3 is 2.77 bits per heavy atom. The third-order valence-corrected chi connectivity index (χ3v) is 6.30. The molecule has 2 N–H and O–H groups in total. The second-order valence-electron chi connectivity index (χ2n) is 7.58. The van der Waals surface area contributed by atoms with E-state index < -0.39 is 5.91 Å². The highest BCUT2D eigenvalue weighted by Crippen LogP contribution is 2.31. The van der Waals surface area contributed by atoms with Gasteiger partial charge >= 0.3 is 0 Å². The molecule has 0 bridgehead atoms. The average Bonchev–Trinajstić information content (AvgIpc) is 3.41. The van der Waals surface area contributed by atoms with Crippen LogP contribution in [0.1, 0.15) is 49.1 Å². The van der Waals surface area contributed by atoms with Crippen LogP contribution in [0.3, 0.4) is 0 Å². The van der Waals surface area contributed by atoms with Crippen molar-refractivity contribution in [3.63, 3.8) is 0 Å². The molecule has 0 radical (unpaired) electrons. The van der Waals surface area contributed by atoms with Gasteiger partial charge in [-0.05, 0) is 60.2 Å². The molecule has 154 valence electrons. The Morgan fingerprint density at radius 2 is 2.00 bits per heavy atom. The zero-order chi connectivity index (χ0) is 21.1. The molecule has 5 nitrogen and oxygen atoms in total. The first-order valence-electron chi connectivity index (χ1n) is 9.96.